The molecule has 1 amide bonds. The van der Waals surface area contributed by atoms with Crippen LogP contribution in [0.3, 0.4) is 0 Å². The molecule has 6 heteroatoms. The van der Waals surface area contributed by atoms with Crippen molar-refractivity contribution < 1.29 is 9.53 Å². The number of carbonyl (C=O) groups is 1. The van der Waals surface area contributed by atoms with Crippen LogP contribution in [0.4, 0.5) is 4.79 Å². The molecule has 4 N–H and O–H groups in total. The summed E-state index contributed by atoms with van der Waals surface area (Å²) >= 11 is 0. The quantitative estimate of drug-likeness (QED) is 0.379. The molecule has 0 aromatic heterocycles. The van der Waals surface area contributed by atoms with E-state index in [9.17, 15) is 4.79 Å². The minimum Gasteiger partial charge on any atom is -0.444 e. The zero-order chi connectivity index (χ0) is 13.3. The minimum atomic E-state index is -0.473. The predicted octanol–water partition coefficient (Wildman–Crippen LogP) is 0.825. The van der Waals surface area contributed by atoms with Crippen molar-refractivity contribution in [1.82, 2.24) is 10.6 Å². The smallest absolute Gasteiger partial charge is 0.407 e. The Kier molecular flexibility index (Phi) is 7.09. The van der Waals surface area contributed by atoms with Gasteiger partial charge in [0.25, 0.3) is 0 Å². The zero-order valence-corrected chi connectivity index (χ0v) is 11.2. The van der Waals surface area contributed by atoms with E-state index in [4.69, 9.17) is 10.5 Å². The zero-order valence-electron chi connectivity index (χ0n) is 11.2. The van der Waals surface area contributed by atoms with Crippen molar-refractivity contribution >= 4 is 12.1 Å². The molecule has 0 radical (unpaired) electrons. The molecule has 0 rings (SSSR count). The Morgan fingerprint density at radius 1 is 1.29 bits per heavy atom. The monoisotopic (exact) mass is 244 g/mol. The average Bonchev–Trinajstić information content (AvgIpc) is 2.19. The first-order chi connectivity index (χ1) is 7.85. The molecule has 0 aromatic carbocycles. The predicted molar refractivity (Wildman–Crippen MR) is 69.0 cm³/mol. The van der Waals surface area contributed by atoms with E-state index in [-0.39, 0.29) is 0 Å². The fraction of sp³-hybridized carbons (Fsp3) is 0.818. The number of guanidine groups is 1. The van der Waals surface area contributed by atoms with Crippen molar-refractivity contribution in [2.45, 2.75) is 39.7 Å². The number of aliphatic imine (C=N–C) groups is 1. The number of ether oxygens (including phenoxy) is 1. The van der Waals surface area contributed by atoms with Gasteiger partial charge in [-0.15, -0.1) is 0 Å². The SMILES string of the molecule is CCCN=C(N)NCCNC(=O)OC(C)(C)C. The van der Waals surface area contributed by atoms with Crippen LogP contribution in [0, 0.1) is 0 Å². The number of amides is 1. The Bertz CT molecular complexity index is 259. The Labute approximate surface area is 103 Å². The Balaban J connectivity index is 3.61. The lowest BCUT2D eigenvalue weighted by Gasteiger charge is -2.19. The van der Waals surface area contributed by atoms with Crippen molar-refractivity contribution in [2.75, 3.05) is 19.6 Å². The van der Waals surface area contributed by atoms with Gasteiger partial charge in [0.05, 0.1) is 0 Å². The molecule has 0 bridgehead atoms. The number of nitrogens with one attached hydrogen (secondary N) is 2. The second kappa shape index (κ2) is 7.76. The summed E-state index contributed by atoms with van der Waals surface area (Å²) in [5.74, 6) is 0.401. The van der Waals surface area contributed by atoms with Crippen molar-refractivity contribution in [3.63, 3.8) is 0 Å². The van der Waals surface area contributed by atoms with Crippen LogP contribution in [0.2, 0.25) is 0 Å². The van der Waals surface area contributed by atoms with Gasteiger partial charge in [-0.05, 0) is 27.2 Å². The first-order valence-electron chi connectivity index (χ1n) is 5.86. The average molecular weight is 244 g/mol. The van der Waals surface area contributed by atoms with E-state index in [1.54, 1.807) is 0 Å². The summed E-state index contributed by atoms with van der Waals surface area (Å²) in [6.45, 7) is 9.16. The highest BCUT2D eigenvalue weighted by Gasteiger charge is 2.15. The number of alkyl carbamates (subject to hydrolysis) is 1. The fourth-order valence-corrected chi connectivity index (χ4v) is 0.957. The van der Waals surface area contributed by atoms with Crippen molar-refractivity contribution in [3.05, 3.63) is 0 Å². The Morgan fingerprint density at radius 3 is 2.41 bits per heavy atom. The molecule has 0 spiro atoms. The van der Waals surface area contributed by atoms with E-state index in [0.29, 0.717) is 25.6 Å². The van der Waals surface area contributed by atoms with Gasteiger partial charge in [0.15, 0.2) is 5.96 Å². The standard InChI is InChI=1S/C11H24N4O2/c1-5-6-13-9(12)14-7-8-15-10(16)17-11(2,3)4/h5-8H2,1-4H3,(H,15,16)(H3,12,13,14). The number of carbonyl (C=O) groups excluding carboxylic acids is 1. The first-order valence-corrected chi connectivity index (χ1v) is 5.86. The molecule has 0 saturated carbocycles. The van der Waals surface area contributed by atoms with Crippen LogP contribution in [0.25, 0.3) is 0 Å². The molecule has 0 aliphatic carbocycles. The molecule has 0 aromatic rings. The molecule has 0 unspecified atom stereocenters. The largest absolute Gasteiger partial charge is 0.444 e. The maximum absolute atomic E-state index is 11.3. The van der Waals surface area contributed by atoms with Gasteiger partial charge < -0.3 is 21.1 Å². The molecule has 0 atom stereocenters. The van der Waals surface area contributed by atoms with Gasteiger partial charge in [-0.1, -0.05) is 6.92 Å². The van der Waals surface area contributed by atoms with Gasteiger partial charge in [-0.3, -0.25) is 4.99 Å². The van der Waals surface area contributed by atoms with Crippen LogP contribution in [0.15, 0.2) is 4.99 Å². The third-order valence-corrected chi connectivity index (χ3v) is 1.61. The van der Waals surface area contributed by atoms with E-state index in [2.05, 4.69) is 15.6 Å². The van der Waals surface area contributed by atoms with Gasteiger partial charge in [0.2, 0.25) is 0 Å². The second-order valence-corrected chi connectivity index (χ2v) is 4.62. The summed E-state index contributed by atoms with van der Waals surface area (Å²) in [5, 5.41) is 5.51. The molecule has 0 heterocycles. The molecular weight excluding hydrogens is 220 g/mol. The molecular formula is C11H24N4O2. The van der Waals surface area contributed by atoms with E-state index in [1.807, 2.05) is 27.7 Å². The molecule has 100 valence electrons. The summed E-state index contributed by atoms with van der Waals surface area (Å²) in [6, 6.07) is 0. The molecule has 17 heavy (non-hydrogen) atoms. The lowest BCUT2D eigenvalue weighted by Crippen LogP contribution is -2.40. The minimum absolute atomic E-state index is 0.401. The lowest BCUT2D eigenvalue weighted by molar-refractivity contribution is 0.0529. The highest BCUT2D eigenvalue weighted by atomic mass is 16.6. The summed E-state index contributed by atoms with van der Waals surface area (Å²) in [4.78, 5) is 15.3. The van der Waals surface area contributed by atoms with Crippen LogP contribution in [-0.2, 0) is 4.74 Å². The normalized spacial score (nSPS) is 12.1. The fourth-order valence-electron chi connectivity index (χ4n) is 0.957. The third kappa shape index (κ3) is 10.8. The number of hydrogen-bond donors (Lipinski definition) is 3. The molecule has 0 fully saturated rings. The van der Waals surface area contributed by atoms with Gasteiger partial charge in [0, 0.05) is 19.6 Å². The number of nitrogens with zero attached hydrogens (tertiary/aromatic N) is 1. The Morgan fingerprint density at radius 2 is 1.88 bits per heavy atom. The molecule has 6 nitrogen and oxygen atoms in total. The van der Waals surface area contributed by atoms with Gasteiger partial charge in [-0.25, -0.2) is 4.79 Å². The van der Waals surface area contributed by atoms with E-state index in [0.717, 1.165) is 6.42 Å². The molecule has 0 aliphatic rings. The van der Waals surface area contributed by atoms with Crippen molar-refractivity contribution in [1.29, 1.82) is 0 Å². The third-order valence-electron chi connectivity index (χ3n) is 1.61. The van der Waals surface area contributed by atoms with Crippen molar-refractivity contribution in [3.8, 4) is 0 Å². The second-order valence-electron chi connectivity index (χ2n) is 4.62. The topological polar surface area (TPSA) is 88.7 Å². The maximum Gasteiger partial charge on any atom is 0.407 e. The molecule has 0 aliphatic heterocycles. The van der Waals surface area contributed by atoms with Crippen LogP contribution < -0.4 is 16.4 Å². The summed E-state index contributed by atoms with van der Waals surface area (Å²) in [5.41, 5.74) is 5.10. The highest BCUT2D eigenvalue weighted by Crippen LogP contribution is 2.05. The van der Waals surface area contributed by atoms with Crippen molar-refractivity contribution in [2.24, 2.45) is 10.7 Å². The molecule has 0 saturated heterocycles. The maximum atomic E-state index is 11.3. The highest BCUT2D eigenvalue weighted by molar-refractivity contribution is 5.77. The summed E-state index contributed by atoms with van der Waals surface area (Å²) in [6.07, 6.45) is 0.529. The van der Waals surface area contributed by atoms with Gasteiger partial charge >= 0.3 is 6.09 Å². The Hall–Kier alpha value is -1.46. The van der Waals surface area contributed by atoms with E-state index < -0.39 is 11.7 Å². The van der Waals surface area contributed by atoms with Crippen LogP contribution in [-0.4, -0.2) is 37.3 Å². The van der Waals surface area contributed by atoms with Crippen LogP contribution in [0.5, 0.6) is 0 Å². The number of rotatable bonds is 5. The number of nitrogens with two attached hydrogens (primary N) is 1. The van der Waals surface area contributed by atoms with E-state index in [1.165, 1.54) is 0 Å². The van der Waals surface area contributed by atoms with Crippen LogP contribution >= 0.6 is 0 Å². The van der Waals surface area contributed by atoms with Gasteiger partial charge in [0.1, 0.15) is 5.60 Å². The van der Waals surface area contributed by atoms with E-state index >= 15 is 0 Å². The number of hydrogen-bond acceptors (Lipinski definition) is 3. The summed E-state index contributed by atoms with van der Waals surface area (Å²) < 4.78 is 5.07. The first kappa shape index (κ1) is 15.5. The van der Waals surface area contributed by atoms with Gasteiger partial charge in [-0.2, -0.15) is 0 Å². The lowest BCUT2D eigenvalue weighted by atomic mass is 10.2. The summed E-state index contributed by atoms with van der Waals surface area (Å²) in [7, 11) is 0. The van der Waals surface area contributed by atoms with Crippen LogP contribution in [0.1, 0.15) is 34.1 Å².